The van der Waals surface area contributed by atoms with Gasteiger partial charge in [-0.05, 0) is 24.1 Å². The topological polar surface area (TPSA) is 225 Å². The molecule has 1 amide bonds. The molecule has 0 saturated carbocycles. The number of alkyl halides is 1. The van der Waals surface area contributed by atoms with Crippen LogP contribution in [-0.2, 0) is 35.2 Å². The largest absolute Gasteiger partial charge is 0.480 e. The highest BCUT2D eigenvalue weighted by Gasteiger charge is 2.27. The van der Waals surface area contributed by atoms with Gasteiger partial charge >= 0.3 is 29.8 Å². The van der Waals surface area contributed by atoms with Crippen molar-refractivity contribution in [2.75, 3.05) is 63.0 Å². The predicted octanol–water partition coefficient (Wildman–Crippen LogP) is -0.740. The van der Waals surface area contributed by atoms with Crippen molar-refractivity contribution in [2.24, 2.45) is 0 Å². The number of carbonyl (C=O) groups is 6. The lowest BCUT2D eigenvalue weighted by Gasteiger charge is -2.34. The Morgan fingerprint density at radius 1 is 0.692 bits per heavy atom. The number of carboxylic acid groups (broad SMARTS) is 5. The van der Waals surface area contributed by atoms with Gasteiger partial charge in [-0.15, -0.1) is 0 Å². The smallest absolute Gasteiger partial charge is 0.317 e. The molecule has 0 fully saturated rings. The van der Waals surface area contributed by atoms with Crippen LogP contribution in [-0.4, -0.2) is 140 Å². The van der Waals surface area contributed by atoms with Crippen LogP contribution >= 0.6 is 15.9 Å². The number of halogens is 1. The Labute approximate surface area is 231 Å². The van der Waals surface area contributed by atoms with Gasteiger partial charge in [-0.1, -0.05) is 28.1 Å². The van der Waals surface area contributed by atoms with Crippen LogP contribution in [0.2, 0.25) is 0 Å². The first-order valence-electron chi connectivity index (χ1n) is 11.5. The molecular weight excluding hydrogens is 588 g/mol. The molecule has 39 heavy (non-hydrogen) atoms. The van der Waals surface area contributed by atoms with Crippen molar-refractivity contribution >= 4 is 57.4 Å². The maximum Gasteiger partial charge on any atom is 0.317 e. The zero-order valence-corrected chi connectivity index (χ0v) is 22.4. The molecule has 0 aliphatic carbocycles. The van der Waals surface area contributed by atoms with Gasteiger partial charge < -0.3 is 30.8 Å². The molecule has 0 aliphatic heterocycles. The lowest BCUT2D eigenvalue weighted by atomic mass is 10.0. The van der Waals surface area contributed by atoms with Crippen LogP contribution in [0.15, 0.2) is 24.3 Å². The number of anilines is 1. The standard InChI is InChI=1S/C23H31BrN4O11/c24-8-18(29)25-16-3-1-15(2-4-16)7-17(28(13-22(36)37)14-23(38)39)9-26(10-19(30)31)5-6-27(11-20(32)33)12-21(34)35/h1-4,17H,5-14H2,(H,25,29)(H,30,31)(H,32,33)(H,34,35)(H,36,37)(H,38,39). The van der Waals surface area contributed by atoms with Crippen LogP contribution in [0.1, 0.15) is 5.56 Å². The third-order valence-electron chi connectivity index (χ3n) is 5.30. The zero-order chi connectivity index (χ0) is 29.5. The van der Waals surface area contributed by atoms with Crippen molar-refractivity contribution in [1.82, 2.24) is 14.7 Å². The number of rotatable bonds is 20. The molecule has 1 unspecified atom stereocenters. The summed E-state index contributed by atoms with van der Waals surface area (Å²) in [6.45, 7) is -3.38. The molecule has 6 N–H and O–H groups in total. The van der Waals surface area contributed by atoms with Gasteiger partial charge in [0.05, 0.1) is 38.1 Å². The summed E-state index contributed by atoms with van der Waals surface area (Å²) in [6, 6.07) is 5.71. The van der Waals surface area contributed by atoms with E-state index in [9.17, 15) is 44.1 Å². The second kappa shape index (κ2) is 17.1. The molecule has 1 rings (SSSR count). The van der Waals surface area contributed by atoms with Crippen LogP contribution < -0.4 is 5.32 Å². The van der Waals surface area contributed by atoms with E-state index in [0.717, 1.165) is 4.90 Å². The second-order valence-corrected chi connectivity index (χ2v) is 9.12. The van der Waals surface area contributed by atoms with Crippen molar-refractivity contribution in [2.45, 2.75) is 12.5 Å². The van der Waals surface area contributed by atoms with E-state index in [4.69, 9.17) is 10.2 Å². The maximum absolute atomic E-state index is 11.6. The average Bonchev–Trinajstić information content (AvgIpc) is 2.81. The first-order valence-corrected chi connectivity index (χ1v) is 12.6. The Hall–Kier alpha value is -3.60. The number of hydrogen-bond acceptors (Lipinski definition) is 9. The molecule has 0 radical (unpaired) electrons. The highest BCUT2D eigenvalue weighted by Crippen LogP contribution is 2.15. The minimum absolute atomic E-state index is 0.0884. The van der Waals surface area contributed by atoms with E-state index in [2.05, 4.69) is 21.2 Å². The quantitative estimate of drug-likeness (QED) is 0.0989. The van der Waals surface area contributed by atoms with Crippen LogP contribution in [0, 0.1) is 0 Å². The van der Waals surface area contributed by atoms with Gasteiger partial charge in [0.2, 0.25) is 5.91 Å². The molecular formula is C23H31BrN4O11. The Morgan fingerprint density at radius 2 is 1.13 bits per heavy atom. The Bertz CT molecular complexity index is 990. The number of benzene rings is 1. The number of nitrogens with zero attached hydrogens (tertiary/aromatic N) is 3. The van der Waals surface area contributed by atoms with Gasteiger partial charge in [0.15, 0.2) is 0 Å². The molecule has 1 aromatic carbocycles. The minimum Gasteiger partial charge on any atom is -0.480 e. The highest BCUT2D eigenvalue weighted by atomic mass is 79.9. The monoisotopic (exact) mass is 618 g/mol. The third kappa shape index (κ3) is 14.8. The van der Waals surface area contributed by atoms with Crippen LogP contribution in [0.4, 0.5) is 5.69 Å². The van der Waals surface area contributed by atoms with Gasteiger partial charge in [-0.3, -0.25) is 43.5 Å². The molecule has 216 valence electrons. The second-order valence-electron chi connectivity index (χ2n) is 8.56. The Kier molecular flexibility index (Phi) is 14.6. The van der Waals surface area contributed by atoms with Gasteiger partial charge in [-0.2, -0.15) is 0 Å². The fourth-order valence-electron chi connectivity index (χ4n) is 3.76. The predicted molar refractivity (Wildman–Crippen MR) is 139 cm³/mol. The first-order chi connectivity index (χ1) is 18.3. The van der Waals surface area contributed by atoms with Crippen molar-refractivity contribution in [3.05, 3.63) is 29.8 Å². The van der Waals surface area contributed by atoms with Crippen molar-refractivity contribution < 1.29 is 54.3 Å². The number of carbonyl (C=O) groups excluding carboxylic acids is 1. The molecule has 0 aliphatic rings. The normalized spacial score (nSPS) is 11.9. The molecule has 0 spiro atoms. The van der Waals surface area contributed by atoms with E-state index in [0.29, 0.717) is 11.3 Å². The molecule has 1 atom stereocenters. The minimum atomic E-state index is -1.30. The number of hydrogen-bond donors (Lipinski definition) is 6. The fraction of sp³-hybridized carbons (Fsp3) is 0.478. The summed E-state index contributed by atoms with van der Waals surface area (Å²) < 4.78 is 0. The molecule has 0 heterocycles. The van der Waals surface area contributed by atoms with E-state index in [1.807, 2.05) is 0 Å². The molecule has 1 aromatic rings. The van der Waals surface area contributed by atoms with Gasteiger partial charge in [-0.25, -0.2) is 0 Å². The summed E-state index contributed by atoms with van der Waals surface area (Å²) in [5.41, 5.74) is 1.14. The number of nitrogens with one attached hydrogen (secondary N) is 1. The molecule has 16 heteroatoms. The summed E-state index contributed by atoms with van der Waals surface area (Å²) in [7, 11) is 0. The van der Waals surface area contributed by atoms with Crippen molar-refractivity contribution in [1.29, 1.82) is 0 Å². The van der Waals surface area contributed by atoms with E-state index < -0.39 is 68.6 Å². The van der Waals surface area contributed by atoms with Gasteiger partial charge in [0.1, 0.15) is 0 Å². The van der Waals surface area contributed by atoms with E-state index >= 15 is 0 Å². The van der Waals surface area contributed by atoms with Crippen LogP contribution in [0.25, 0.3) is 0 Å². The summed E-state index contributed by atoms with van der Waals surface area (Å²) in [4.78, 5) is 72.0. The first kappa shape index (κ1) is 33.4. The summed E-state index contributed by atoms with van der Waals surface area (Å²) in [5, 5.41) is 49.0. The summed E-state index contributed by atoms with van der Waals surface area (Å²) >= 11 is 3.04. The molecule has 15 nitrogen and oxygen atoms in total. The zero-order valence-electron chi connectivity index (χ0n) is 20.9. The van der Waals surface area contributed by atoms with E-state index in [1.54, 1.807) is 24.3 Å². The molecule has 0 aromatic heterocycles. The molecule has 0 bridgehead atoms. The van der Waals surface area contributed by atoms with Crippen molar-refractivity contribution in [3.63, 3.8) is 0 Å². The number of aliphatic carboxylic acids is 5. The third-order valence-corrected chi connectivity index (χ3v) is 5.81. The Morgan fingerprint density at radius 3 is 1.56 bits per heavy atom. The lowest BCUT2D eigenvalue weighted by Crippen LogP contribution is -2.51. The van der Waals surface area contributed by atoms with E-state index in [1.165, 1.54) is 9.80 Å². The molecule has 0 saturated heterocycles. The Balaban J connectivity index is 3.23. The van der Waals surface area contributed by atoms with Gasteiger partial charge in [0, 0.05) is 31.4 Å². The summed E-state index contributed by atoms with van der Waals surface area (Å²) in [5.74, 6) is -6.67. The SMILES string of the molecule is O=C(O)CN(CCN(CC(=O)O)CC(Cc1ccc(NC(=O)CBr)cc1)N(CC(=O)O)CC(=O)O)CC(=O)O. The number of amides is 1. The summed E-state index contributed by atoms with van der Waals surface area (Å²) in [6.07, 6.45) is 0.108. The highest BCUT2D eigenvalue weighted by molar-refractivity contribution is 9.09. The number of carboxylic acids is 5. The van der Waals surface area contributed by atoms with Crippen LogP contribution in [0.5, 0.6) is 0 Å². The van der Waals surface area contributed by atoms with E-state index in [-0.39, 0.29) is 37.3 Å². The maximum atomic E-state index is 11.6. The lowest BCUT2D eigenvalue weighted by molar-refractivity contribution is -0.144. The van der Waals surface area contributed by atoms with Gasteiger partial charge in [0.25, 0.3) is 0 Å². The fourth-order valence-corrected chi connectivity index (χ4v) is 3.91. The van der Waals surface area contributed by atoms with Crippen LogP contribution in [0.3, 0.4) is 0 Å². The average molecular weight is 619 g/mol. The van der Waals surface area contributed by atoms with Crippen molar-refractivity contribution in [3.8, 4) is 0 Å².